The minimum Gasteiger partial charge on any atom is -0.381 e. The van der Waals surface area contributed by atoms with Gasteiger partial charge >= 0.3 is 6.03 Å². The molecule has 1 saturated carbocycles. The summed E-state index contributed by atoms with van der Waals surface area (Å²) in [6.45, 7) is 5.08. The van der Waals surface area contributed by atoms with E-state index in [4.69, 9.17) is 4.74 Å². The molecular weight excluding hydrogens is 336 g/mol. The Balaban J connectivity index is 1.21. The molecule has 4 rings (SSSR count). The number of likely N-dealkylation sites (tertiary alicyclic amines) is 1. The molecule has 0 aromatic carbocycles. The van der Waals surface area contributed by atoms with Crippen molar-refractivity contribution in [2.45, 2.75) is 38.3 Å². The number of amides is 2. The number of thiazole rings is 1. The number of hydrogen-bond donors (Lipinski definition) is 1. The molecule has 0 radical (unpaired) electrons. The van der Waals surface area contributed by atoms with Crippen molar-refractivity contribution < 1.29 is 9.53 Å². The van der Waals surface area contributed by atoms with Gasteiger partial charge in [0, 0.05) is 49.8 Å². The summed E-state index contributed by atoms with van der Waals surface area (Å²) >= 11 is 1.73. The van der Waals surface area contributed by atoms with Gasteiger partial charge in [0.25, 0.3) is 0 Å². The zero-order chi connectivity index (χ0) is 17.3. The maximum Gasteiger partial charge on any atom is 0.317 e. The van der Waals surface area contributed by atoms with Crippen LogP contribution in [0.1, 0.15) is 30.7 Å². The molecule has 1 N–H and O–H groups in total. The summed E-state index contributed by atoms with van der Waals surface area (Å²) in [5.41, 5.74) is 0.433. The number of hydrogen-bond acceptors (Lipinski definition) is 5. The fourth-order valence-corrected chi connectivity index (χ4v) is 5.06. The molecule has 3 heterocycles. The van der Waals surface area contributed by atoms with E-state index in [1.165, 1.54) is 11.4 Å². The quantitative estimate of drug-likeness (QED) is 0.870. The van der Waals surface area contributed by atoms with Crippen molar-refractivity contribution in [3.8, 4) is 0 Å². The summed E-state index contributed by atoms with van der Waals surface area (Å²) < 4.78 is 5.37. The number of urea groups is 1. The second-order valence-corrected chi connectivity index (χ2v) is 8.81. The molecule has 1 aromatic rings. The van der Waals surface area contributed by atoms with Gasteiger partial charge in [0.05, 0.1) is 13.2 Å². The number of nitrogens with one attached hydrogen (secondary N) is 1. The molecule has 2 aliphatic heterocycles. The predicted octanol–water partition coefficient (Wildman–Crippen LogP) is 2.18. The first kappa shape index (κ1) is 17.2. The molecule has 6 nitrogen and oxygen atoms in total. The van der Waals surface area contributed by atoms with E-state index in [2.05, 4.69) is 22.2 Å². The fraction of sp³-hybridized carbons (Fsp3) is 0.778. The molecule has 7 heteroatoms. The Morgan fingerprint density at radius 2 is 2.36 bits per heavy atom. The highest BCUT2D eigenvalue weighted by atomic mass is 32.1. The zero-order valence-corrected chi connectivity index (χ0v) is 15.8. The molecule has 1 aliphatic carbocycles. The van der Waals surface area contributed by atoms with E-state index in [0.29, 0.717) is 17.4 Å². The Morgan fingerprint density at radius 3 is 3.04 bits per heavy atom. The summed E-state index contributed by atoms with van der Waals surface area (Å²) in [6, 6.07) is 0.757. The monoisotopic (exact) mass is 364 g/mol. The minimum absolute atomic E-state index is 0.107. The lowest BCUT2D eigenvalue weighted by atomic mass is 9.92. The molecule has 2 atom stereocenters. The highest BCUT2D eigenvalue weighted by molar-refractivity contribution is 7.09. The van der Waals surface area contributed by atoms with Gasteiger partial charge in [0.15, 0.2) is 0 Å². The van der Waals surface area contributed by atoms with Crippen LogP contribution < -0.4 is 5.32 Å². The van der Waals surface area contributed by atoms with Gasteiger partial charge < -0.3 is 15.0 Å². The largest absolute Gasteiger partial charge is 0.381 e. The van der Waals surface area contributed by atoms with Crippen molar-refractivity contribution in [1.82, 2.24) is 20.1 Å². The van der Waals surface area contributed by atoms with E-state index < -0.39 is 0 Å². The average Bonchev–Trinajstić information content (AvgIpc) is 3.04. The van der Waals surface area contributed by atoms with Crippen molar-refractivity contribution in [3.63, 3.8) is 0 Å². The van der Waals surface area contributed by atoms with Gasteiger partial charge in [-0.05, 0) is 38.1 Å². The zero-order valence-electron chi connectivity index (χ0n) is 14.9. The van der Waals surface area contributed by atoms with Crippen LogP contribution in [-0.2, 0) is 11.3 Å². The van der Waals surface area contributed by atoms with Crippen LogP contribution in [-0.4, -0.2) is 66.8 Å². The molecule has 138 valence electrons. The molecule has 25 heavy (non-hydrogen) atoms. The third kappa shape index (κ3) is 3.83. The van der Waals surface area contributed by atoms with Gasteiger partial charge in [-0.25, -0.2) is 9.78 Å². The smallest absolute Gasteiger partial charge is 0.317 e. The molecule has 2 amide bonds. The molecule has 0 bridgehead atoms. The maximum absolute atomic E-state index is 12.4. The van der Waals surface area contributed by atoms with Crippen LogP contribution >= 0.6 is 11.3 Å². The number of piperidine rings is 1. The summed E-state index contributed by atoms with van der Waals surface area (Å²) in [5, 5.41) is 6.33. The lowest BCUT2D eigenvalue weighted by Gasteiger charge is -2.34. The predicted molar refractivity (Wildman–Crippen MR) is 97.6 cm³/mol. The first-order valence-electron chi connectivity index (χ1n) is 9.35. The summed E-state index contributed by atoms with van der Waals surface area (Å²) in [4.78, 5) is 21.2. The summed E-state index contributed by atoms with van der Waals surface area (Å²) in [7, 11) is 2.21. The highest BCUT2D eigenvalue weighted by Crippen LogP contribution is 2.56. The van der Waals surface area contributed by atoms with Crippen LogP contribution in [0.3, 0.4) is 0 Å². The second-order valence-electron chi connectivity index (χ2n) is 7.83. The number of rotatable bonds is 5. The van der Waals surface area contributed by atoms with Crippen molar-refractivity contribution >= 4 is 17.4 Å². The van der Waals surface area contributed by atoms with Gasteiger partial charge in [-0.15, -0.1) is 11.3 Å². The third-order valence-corrected chi connectivity index (χ3v) is 6.92. The summed E-state index contributed by atoms with van der Waals surface area (Å²) in [5.74, 6) is 0.493. The van der Waals surface area contributed by atoms with Crippen molar-refractivity contribution in [2.75, 3.05) is 39.9 Å². The summed E-state index contributed by atoms with van der Waals surface area (Å²) in [6.07, 6.45) is 6.46. The molecule has 1 spiro atoms. The fourth-order valence-electron chi connectivity index (χ4n) is 4.38. The lowest BCUT2D eigenvalue weighted by Crippen LogP contribution is -2.47. The average molecular weight is 365 g/mol. The Hall–Kier alpha value is -1.18. The van der Waals surface area contributed by atoms with E-state index >= 15 is 0 Å². The number of ether oxygens (including phenoxy) is 1. The topological polar surface area (TPSA) is 57.7 Å². The molecule has 3 aliphatic rings. The van der Waals surface area contributed by atoms with Gasteiger partial charge in [-0.1, -0.05) is 0 Å². The van der Waals surface area contributed by atoms with Crippen LogP contribution in [0.25, 0.3) is 0 Å². The molecule has 1 aromatic heterocycles. The van der Waals surface area contributed by atoms with Crippen molar-refractivity contribution in [3.05, 3.63) is 16.6 Å². The lowest BCUT2D eigenvalue weighted by molar-refractivity contribution is 0.146. The van der Waals surface area contributed by atoms with Crippen LogP contribution in [0.15, 0.2) is 11.6 Å². The Morgan fingerprint density at radius 1 is 1.52 bits per heavy atom. The molecule has 2 unspecified atom stereocenters. The normalized spacial score (nSPS) is 27.8. The number of aromatic nitrogens is 1. The van der Waals surface area contributed by atoms with E-state index in [0.717, 1.165) is 58.7 Å². The standard InChI is InChI=1S/C18H28N4O2S/c1-21(12-16-19-5-9-25-16)15-10-18(15)3-6-22(7-4-18)17(23)20-11-14-2-8-24-13-14/h5,9,14-15H,2-4,6-8,10-13H2,1H3,(H,20,23). The Labute approximate surface area is 153 Å². The van der Waals surface area contributed by atoms with Crippen LogP contribution in [0, 0.1) is 11.3 Å². The van der Waals surface area contributed by atoms with Crippen LogP contribution in [0.5, 0.6) is 0 Å². The van der Waals surface area contributed by atoms with E-state index in [9.17, 15) is 4.79 Å². The van der Waals surface area contributed by atoms with Crippen molar-refractivity contribution in [1.29, 1.82) is 0 Å². The number of carbonyl (C=O) groups excluding carboxylic acids is 1. The number of carbonyl (C=O) groups is 1. The van der Waals surface area contributed by atoms with Gasteiger partial charge in [-0.3, -0.25) is 4.90 Å². The van der Waals surface area contributed by atoms with Crippen LogP contribution in [0.4, 0.5) is 4.79 Å². The Kier molecular flexibility index (Phi) is 4.97. The third-order valence-electron chi connectivity index (χ3n) is 6.16. The Bertz CT molecular complexity index is 580. The SMILES string of the molecule is CN(Cc1nccs1)C1CC12CCN(C(=O)NCC1CCOC1)CC2. The second kappa shape index (κ2) is 7.21. The van der Waals surface area contributed by atoms with E-state index in [1.807, 2.05) is 16.5 Å². The van der Waals surface area contributed by atoms with Gasteiger partial charge in [-0.2, -0.15) is 0 Å². The molecular formula is C18H28N4O2S. The van der Waals surface area contributed by atoms with E-state index in [-0.39, 0.29) is 6.03 Å². The first-order valence-corrected chi connectivity index (χ1v) is 10.2. The first-order chi connectivity index (χ1) is 12.2. The maximum atomic E-state index is 12.4. The van der Waals surface area contributed by atoms with Gasteiger partial charge in [0.1, 0.15) is 5.01 Å². The molecule has 2 saturated heterocycles. The number of nitrogens with zero attached hydrogens (tertiary/aromatic N) is 3. The minimum atomic E-state index is 0.107. The van der Waals surface area contributed by atoms with Crippen LogP contribution in [0.2, 0.25) is 0 Å². The molecule has 3 fully saturated rings. The van der Waals surface area contributed by atoms with Crippen molar-refractivity contribution in [2.24, 2.45) is 11.3 Å². The highest BCUT2D eigenvalue weighted by Gasteiger charge is 2.56. The van der Waals surface area contributed by atoms with Gasteiger partial charge in [0.2, 0.25) is 0 Å². The van der Waals surface area contributed by atoms with E-state index in [1.54, 1.807) is 11.3 Å².